The van der Waals surface area contributed by atoms with Crippen LogP contribution >= 0.6 is 22.9 Å². The van der Waals surface area contributed by atoms with Gasteiger partial charge in [-0.2, -0.15) is 0 Å². The van der Waals surface area contributed by atoms with E-state index in [-0.39, 0.29) is 12.6 Å². The van der Waals surface area contributed by atoms with Crippen molar-refractivity contribution in [1.82, 2.24) is 5.32 Å². The standard InChI is InChI=1S/C17H19ClN2O4S/c1-3-24-12-6-4-11(5-7-12)20-17(22)16(21)19-10-13(23-2)14-8-9-15(18)25-14/h4-9,13H,3,10H2,1-2H3,(H,19,21)(H,20,22). The van der Waals surface area contributed by atoms with E-state index in [0.717, 1.165) is 4.88 Å². The second kappa shape index (κ2) is 9.41. The van der Waals surface area contributed by atoms with E-state index in [4.69, 9.17) is 21.1 Å². The lowest BCUT2D eigenvalue weighted by Gasteiger charge is -2.14. The number of methoxy groups -OCH3 is 1. The van der Waals surface area contributed by atoms with Gasteiger partial charge in [-0.15, -0.1) is 11.3 Å². The van der Waals surface area contributed by atoms with E-state index in [1.807, 2.05) is 13.0 Å². The fourth-order valence-electron chi connectivity index (χ4n) is 2.06. The van der Waals surface area contributed by atoms with Crippen LogP contribution in [0.4, 0.5) is 5.69 Å². The number of rotatable bonds is 7. The van der Waals surface area contributed by atoms with Crippen LogP contribution in [0.2, 0.25) is 4.34 Å². The van der Waals surface area contributed by atoms with Crippen LogP contribution in [-0.4, -0.2) is 32.1 Å². The lowest BCUT2D eigenvalue weighted by Crippen LogP contribution is -2.37. The van der Waals surface area contributed by atoms with E-state index in [0.29, 0.717) is 22.4 Å². The minimum absolute atomic E-state index is 0.170. The van der Waals surface area contributed by atoms with Crippen molar-refractivity contribution >= 4 is 40.4 Å². The highest BCUT2D eigenvalue weighted by Gasteiger charge is 2.18. The van der Waals surface area contributed by atoms with Gasteiger partial charge >= 0.3 is 11.8 Å². The topological polar surface area (TPSA) is 76.7 Å². The third kappa shape index (κ3) is 5.74. The van der Waals surface area contributed by atoms with Gasteiger partial charge in [0.25, 0.3) is 0 Å². The van der Waals surface area contributed by atoms with Crippen molar-refractivity contribution in [3.05, 3.63) is 45.6 Å². The average molecular weight is 383 g/mol. The summed E-state index contributed by atoms with van der Waals surface area (Å²) in [5, 5.41) is 5.09. The van der Waals surface area contributed by atoms with Crippen molar-refractivity contribution in [2.24, 2.45) is 0 Å². The molecule has 6 nitrogen and oxygen atoms in total. The van der Waals surface area contributed by atoms with Crippen LogP contribution in [-0.2, 0) is 14.3 Å². The Morgan fingerprint density at radius 1 is 1.16 bits per heavy atom. The SMILES string of the molecule is CCOc1ccc(NC(=O)C(=O)NCC(OC)c2ccc(Cl)s2)cc1. The zero-order valence-corrected chi connectivity index (χ0v) is 15.4. The number of amides is 2. The molecule has 2 N–H and O–H groups in total. The first-order valence-electron chi connectivity index (χ1n) is 7.63. The maximum absolute atomic E-state index is 12.0. The molecule has 0 aliphatic carbocycles. The minimum Gasteiger partial charge on any atom is -0.494 e. The van der Waals surface area contributed by atoms with Gasteiger partial charge in [0.2, 0.25) is 0 Å². The molecule has 0 bridgehead atoms. The molecule has 1 aromatic heterocycles. The van der Waals surface area contributed by atoms with E-state index in [1.165, 1.54) is 18.4 Å². The number of anilines is 1. The molecule has 8 heteroatoms. The number of nitrogens with one attached hydrogen (secondary N) is 2. The zero-order chi connectivity index (χ0) is 18.2. The van der Waals surface area contributed by atoms with Crippen LogP contribution in [0.5, 0.6) is 5.75 Å². The summed E-state index contributed by atoms with van der Waals surface area (Å²) >= 11 is 7.26. The van der Waals surface area contributed by atoms with Crippen molar-refractivity contribution in [2.45, 2.75) is 13.0 Å². The van der Waals surface area contributed by atoms with Crippen LogP contribution in [0.1, 0.15) is 17.9 Å². The van der Waals surface area contributed by atoms with Gasteiger partial charge in [0, 0.05) is 24.2 Å². The molecule has 1 aromatic carbocycles. The van der Waals surface area contributed by atoms with Gasteiger partial charge in [-0.25, -0.2) is 0 Å². The fraction of sp³-hybridized carbons (Fsp3) is 0.294. The summed E-state index contributed by atoms with van der Waals surface area (Å²) < 4.78 is 11.3. The summed E-state index contributed by atoms with van der Waals surface area (Å²) in [7, 11) is 1.53. The zero-order valence-electron chi connectivity index (χ0n) is 13.9. The van der Waals surface area contributed by atoms with E-state index >= 15 is 0 Å². The molecular formula is C17H19ClN2O4S. The molecule has 0 saturated carbocycles. The van der Waals surface area contributed by atoms with Crippen LogP contribution in [0.25, 0.3) is 0 Å². The molecule has 0 saturated heterocycles. The Bertz CT molecular complexity index is 718. The summed E-state index contributed by atoms with van der Waals surface area (Å²) in [5.41, 5.74) is 0.511. The van der Waals surface area contributed by atoms with E-state index in [2.05, 4.69) is 10.6 Å². The molecule has 0 fully saturated rings. The predicted molar refractivity (Wildman–Crippen MR) is 98.3 cm³/mol. The molecule has 1 unspecified atom stereocenters. The van der Waals surface area contributed by atoms with Gasteiger partial charge in [-0.3, -0.25) is 9.59 Å². The van der Waals surface area contributed by atoms with Gasteiger partial charge < -0.3 is 20.1 Å². The number of benzene rings is 1. The summed E-state index contributed by atoms with van der Waals surface area (Å²) in [4.78, 5) is 24.8. The van der Waals surface area contributed by atoms with Crippen LogP contribution < -0.4 is 15.4 Å². The van der Waals surface area contributed by atoms with Crippen molar-refractivity contribution in [2.75, 3.05) is 25.6 Å². The Balaban J connectivity index is 1.86. The average Bonchev–Trinajstić information content (AvgIpc) is 3.03. The Morgan fingerprint density at radius 3 is 2.44 bits per heavy atom. The first kappa shape index (κ1) is 19.2. The summed E-state index contributed by atoms with van der Waals surface area (Å²) in [6, 6.07) is 10.4. The molecule has 2 rings (SSSR count). The van der Waals surface area contributed by atoms with Gasteiger partial charge in [-0.05, 0) is 43.3 Å². The van der Waals surface area contributed by atoms with Crippen molar-refractivity contribution < 1.29 is 19.1 Å². The van der Waals surface area contributed by atoms with Crippen molar-refractivity contribution in [1.29, 1.82) is 0 Å². The van der Waals surface area contributed by atoms with E-state index < -0.39 is 11.8 Å². The maximum Gasteiger partial charge on any atom is 0.313 e. The molecule has 0 spiro atoms. The van der Waals surface area contributed by atoms with E-state index in [9.17, 15) is 9.59 Å². The monoisotopic (exact) mass is 382 g/mol. The van der Waals surface area contributed by atoms with Crippen LogP contribution in [0.3, 0.4) is 0 Å². The molecule has 0 aliphatic heterocycles. The molecule has 25 heavy (non-hydrogen) atoms. The Kier molecular flexibility index (Phi) is 7.24. The number of thiophene rings is 1. The van der Waals surface area contributed by atoms with Crippen molar-refractivity contribution in [3.8, 4) is 5.75 Å². The molecule has 0 radical (unpaired) electrons. The maximum atomic E-state index is 12.0. The number of halogens is 1. The Labute approximate surface area is 155 Å². The summed E-state index contributed by atoms with van der Waals surface area (Å²) in [6.07, 6.45) is -0.361. The minimum atomic E-state index is -0.747. The number of hydrogen-bond acceptors (Lipinski definition) is 5. The highest BCUT2D eigenvalue weighted by molar-refractivity contribution is 7.16. The van der Waals surface area contributed by atoms with E-state index in [1.54, 1.807) is 30.3 Å². The van der Waals surface area contributed by atoms with Gasteiger partial charge in [0.15, 0.2) is 0 Å². The first-order chi connectivity index (χ1) is 12.0. The number of ether oxygens (including phenoxy) is 2. The summed E-state index contributed by atoms with van der Waals surface area (Å²) in [5.74, 6) is -0.788. The first-order valence-corrected chi connectivity index (χ1v) is 8.83. The van der Waals surface area contributed by atoms with Gasteiger partial charge in [0.1, 0.15) is 11.9 Å². The Morgan fingerprint density at radius 2 is 1.88 bits per heavy atom. The highest BCUT2D eigenvalue weighted by Crippen LogP contribution is 2.28. The second-order valence-corrected chi connectivity index (χ2v) is 6.73. The quantitative estimate of drug-likeness (QED) is 0.721. The third-order valence-corrected chi connectivity index (χ3v) is 4.60. The lowest BCUT2D eigenvalue weighted by molar-refractivity contribution is -0.136. The molecule has 2 amide bonds. The molecular weight excluding hydrogens is 364 g/mol. The lowest BCUT2D eigenvalue weighted by atomic mass is 10.3. The third-order valence-electron chi connectivity index (χ3n) is 3.27. The predicted octanol–water partition coefficient (Wildman–Crippen LogP) is 3.24. The smallest absolute Gasteiger partial charge is 0.313 e. The van der Waals surface area contributed by atoms with Crippen LogP contribution in [0.15, 0.2) is 36.4 Å². The van der Waals surface area contributed by atoms with Gasteiger partial charge in [0.05, 0.1) is 10.9 Å². The number of hydrogen-bond donors (Lipinski definition) is 2. The number of carbonyl (C=O) groups is 2. The fourth-order valence-corrected chi connectivity index (χ4v) is 3.19. The molecule has 1 heterocycles. The molecule has 2 aromatic rings. The second-order valence-electron chi connectivity index (χ2n) is 4.99. The van der Waals surface area contributed by atoms with Crippen molar-refractivity contribution in [3.63, 3.8) is 0 Å². The Hall–Kier alpha value is -2.09. The van der Waals surface area contributed by atoms with Gasteiger partial charge in [-0.1, -0.05) is 11.6 Å². The number of carbonyl (C=O) groups excluding carboxylic acids is 2. The largest absolute Gasteiger partial charge is 0.494 e. The highest BCUT2D eigenvalue weighted by atomic mass is 35.5. The van der Waals surface area contributed by atoms with Crippen LogP contribution in [0, 0.1) is 0 Å². The summed E-state index contributed by atoms with van der Waals surface area (Å²) in [6.45, 7) is 2.62. The normalized spacial score (nSPS) is 11.6. The molecule has 134 valence electrons. The molecule has 1 atom stereocenters. The molecule has 0 aliphatic rings.